The Morgan fingerprint density at radius 3 is 2.85 bits per heavy atom. The lowest BCUT2D eigenvalue weighted by atomic mass is 10.0. The molecule has 3 heteroatoms. The van der Waals surface area contributed by atoms with Gasteiger partial charge >= 0.3 is 0 Å². The molecule has 2 aromatic rings. The quantitative estimate of drug-likeness (QED) is 0.828. The van der Waals surface area contributed by atoms with Gasteiger partial charge in [-0.25, -0.2) is 4.98 Å². The Hall–Kier alpha value is -1.19. The molecule has 1 aliphatic rings. The molecule has 106 valence electrons. The summed E-state index contributed by atoms with van der Waals surface area (Å²) in [6.45, 7) is 3.49. The third-order valence-corrected chi connectivity index (χ3v) is 4.66. The van der Waals surface area contributed by atoms with E-state index in [2.05, 4.69) is 41.9 Å². The number of rotatable bonds is 7. The van der Waals surface area contributed by atoms with Crippen molar-refractivity contribution in [2.45, 2.75) is 38.6 Å². The molecule has 1 aromatic carbocycles. The van der Waals surface area contributed by atoms with Crippen LogP contribution in [0.2, 0.25) is 0 Å². The molecule has 2 nitrogen and oxygen atoms in total. The molecule has 1 aromatic heterocycles. The zero-order chi connectivity index (χ0) is 13.8. The lowest BCUT2D eigenvalue weighted by Gasteiger charge is -2.09. The molecule has 0 spiro atoms. The predicted octanol–water partition coefficient (Wildman–Crippen LogP) is 4.13. The van der Waals surface area contributed by atoms with Gasteiger partial charge in [-0.1, -0.05) is 37.3 Å². The van der Waals surface area contributed by atoms with Crippen molar-refractivity contribution in [2.75, 3.05) is 6.54 Å². The van der Waals surface area contributed by atoms with Crippen molar-refractivity contribution in [3.05, 3.63) is 40.7 Å². The summed E-state index contributed by atoms with van der Waals surface area (Å²) in [6.07, 6.45) is 5.10. The van der Waals surface area contributed by atoms with Crippen molar-refractivity contribution in [3.8, 4) is 11.3 Å². The van der Waals surface area contributed by atoms with Gasteiger partial charge < -0.3 is 5.32 Å². The smallest absolute Gasteiger partial charge is 0.0935 e. The van der Waals surface area contributed by atoms with E-state index in [1.165, 1.54) is 29.8 Å². The van der Waals surface area contributed by atoms with Crippen LogP contribution in [-0.4, -0.2) is 17.6 Å². The fourth-order valence-electron chi connectivity index (χ4n) is 2.37. The number of nitrogens with zero attached hydrogens (tertiary/aromatic N) is 1. The van der Waals surface area contributed by atoms with E-state index in [-0.39, 0.29) is 0 Å². The molecule has 1 N–H and O–H groups in total. The van der Waals surface area contributed by atoms with Gasteiger partial charge in [0.1, 0.15) is 0 Å². The SMILES string of the molecule is CC(CCNC1CC1)Cc1nc(-c2ccccc2)cs1. The summed E-state index contributed by atoms with van der Waals surface area (Å²) in [5.41, 5.74) is 2.34. The zero-order valence-electron chi connectivity index (χ0n) is 12.0. The second kappa shape index (κ2) is 6.51. The van der Waals surface area contributed by atoms with Gasteiger partial charge in [0.25, 0.3) is 0 Å². The van der Waals surface area contributed by atoms with Gasteiger partial charge in [0.15, 0.2) is 0 Å². The third kappa shape index (κ3) is 3.90. The Balaban J connectivity index is 1.51. The van der Waals surface area contributed by atoms with Crippen molar-refractivity contribution in [2.24, 2.45) is 5.92 Å². The summed E-state index contributed by atoms with van der Waals surface area (Å²) >= 11 is 1.79. The number of nitrogens with one attached hydrogen (secondary N) is 1. The molecule has 1 fully saturated rings. The van der Waals surface area contributed by atoms with E-state index in [4.69, 9.17) is 4.98 Å². The van der Waals surface area contributed by atoms with Gasteiger partial charge in [0, 0.05) is 23.4 Å². The highest BCUT2D eigenvalue weighted by Gasteiger charge is 2.20. The molecule has 3 rings (SSSR count). The van der Waals surface area contributed by atoms with Crippen LogP contribution in [0.4, 0.5) is 0 Å². The van der Waals surface area contributed by atoms with Crippen LogP contribution in [0.5, 0.6) is 0 Å². The molecule has 1 saturated carbocycles. The maximum atomic E-state index is 4.77. The number of aromatic nitrogens is 1. The summed E-state index contributed by atoms with van der Waals surface area (Å²) in [7, 11) is 0. The summed E-state index contributed by atoms with van der Waals surface area (Å²) in [4.78, 5) is 4.77. The van der Waals surface area contributed by atoms with E-state index in [1.54, 1.807) is 11.3 Å². The fraction of sp³-hybridized carbons (Fsp3) is 0.471. The minimum Gasteiger partial charge on any atom is -0.314 e. The lowest BCUT2D eigenvalue weighted by Crippen LogP contribution is -2.20. The molecule has 1 aliphatic carbocycles. The highest BCUT2D eigenvalue weighted by atomic mass is 32.1. The fourth-order valence-corrected chi connectivity index (χ4v) is 3.34. The first kappa shape index (κ1) is 13.8. The Labute approximate surface area is 125 Å². The van der Waals surface area contributed by atoms with Crippen LogP contribution in [0, 0.1) is 5.92 Å². The zero-order valence-corrected chi connectivity index (χ0v) is 12.8. The van der Waals surface area contributed by atoms with Crippen LogP contribution < -0.4 is 5.32 Å². The van der Waals surface area contributed by atoms with Gasteiger partial charge in [-0.05, 0) is 31.7 Å². The first-order valence-electron chi connectivity index (χ1n) is 7.54. The highest BCUT2D eigenvalue weighted by molar-refractivity contribution is 7.09. The van der Waals surface area contributed by atoms with Gasteiger partial charge in [-0.2, -0.15) is 0 Å². The van der Waals surface area contributed by atoms with Gasteiger partial charge in [0.2, 0.25) is 0 Å². The molecule has 1 heterocycles. The van der Waals surface area contributed by atoms with E-state index in [9.17, 15) is 0 Å². The molecule has 0 amide bonds. The average molecular weight is 286 g/mol. The molecule has 0 saturated heterocycles. The summed E-state index contributed by atoms with van der Waals surface area (Å²) in [6, 6.07) is 11.3. The second-order valence-corrected chi connectivity index (χ2v) is 6.76. The van der Waals surface area contributed by atoms with E-state index in [1.807, 2.05) is 6.07 Å². The van der Waals surface area contributed by atoms with E-state index < -0.39 is 0 Å². The minimum atomic E-state index is 0.705. The maximum Gasteiger partial charge on any atom is 0.0935 e. The van der Waals surface area contributed by atoms with Gasteiger partial charge in [-0.15, -0.1) is 11.3 Å². The topological polar surface area (TPSA) is 24.9 Å². The lowest BCUT2D eigenvalue weighted by molar-refractivity contribution is 0.497. The van der Waals surface area contributed by atoms with Crippen LogP contribution >= 0.6 is 11.3 Å². The third-order valence-electron chi connectivity index (χ3n) is 3.79. The van der Waals surface area contributed by atoms with Crippen LogP contribution in [0.25, 0.3) is 11.3 Å². The van der Waals surface area contributed by atoms with Crippen molar-refractivity contribution in [1.29, 1.82) is 0 Å². The number of hydrogen-bond donors (Lipinski definition) is 1. The molecular formula is C17H22N2S. The van der Waals surface area contributed by atoms with Crippen molar-refractivity contribution >= 4 is 11.3 Å². The molecule has 1 atom stereocenters. The first-order chi connectivity index (χ1) is 9.81. The monoisotopic (exact) mass is 286 g/mol. The summed E-state index contributed by atoms with van der Waals surface area (Å²) in [5, 5.41) is 7.03. The summed E-state index contributed by atoms with van der Waals surface area (Å²) < 4.78 is 0. The van der Waals surface area contributed by atoms with Crippen molar-refractivity contribution in [3.63, 3.8) is 0 Å². The highest BCUT2D eigenvalue weighted by Crippen LogP contribution is 2.24. The summed E-state index contributed by atoms with van der Waals surface area (Å²) in [5.74, 6) is 0.705. The number of thiazole rings is 1. The Morgan fingerprint density at radius 2 is 2.10 bits per heavy atom. The second-order valence-electron chi connectivity index (χ2n) is 5.82. The van der Waals surface area contributed by atoms with Crippen LogP contribution in [0.1, 0.15) is 31.2 Å². The van der Waals surface area contributed by atoms with Gasteiger partial charge in [-0.3, -0.25) is 0 Å². The van der Waals surface area contributed by atoms with E-state index in [0.717, 1.165) is 24.7 Å². The van der Waals surface area contributed by atoms with Gasteiger partial charge in [0.05, 0.1) is 10.7 Å². The minimum absolute atomic E-state index is 0.705. The molecule has 0 radical (unpaired) electrons. The van der Waals surface area contributed by atoms with Crippen molar-refractivity contribution in [1.82, 2.24) is 10.3 Å². The number of hydrogen-bond acceptors (Lipinski definition) is 3. The standard InChI is InChI=1S/C17H22N2S/c1-13(9-10-18-15-7-8-15)11-17-19-16(12-20-17)14-5-3-2-4-6-14/h2-6,12-13,15,18H,7-11H2,1H3. The maximum absolute atomic E-state index is 4.77. The predicted molar refractivity (Wildman–Crippen MR) is 86.1 cm³/mol. The van der Waals surface area contributed by atoms with Crippen molar-refractivity contribution < 1.29 is 0 Å². The largest absolute Gasteiger partial charge is 0.314 e. The van der Waals surface area contributed by atoms with Crippen LogP contribution in [0.15, 0.2) is 35.7 Å². The van der Waals surface area contributed by atoms with Crippen LogP contribution in [-0.2, 0) is 6.42 Å². The molecule has 0 bridgehead atoms. The Bertz CT molecular complexity index is 531. The van der Waals surface area contributed by atoms with E-state index >= 15 is 0 Å². The van der Waals surface area contributed by atoms with E-state index in [0.29, 0.717) is 5.92 Å². The first-order valence-corrected chi connectivity index (χ1v) is 8.42. The molecule has 20 heavy (non-hydrogen) atoms. The van der Waals surface area contributed by atoms with Crippen LogP contribution in [0.3, 0.4) is 0 Å². The average Bonchev–Trinajstić information content (AvgIpc) is 3.17. The molecular weight excluding hydrogens is 264 g/mol. The Morgan fingerprint density at radius 1 is 1.30 bits per heavy atom. The normalized spacial score (nSPS) is 16.2. The number of benzene rings is 1. The molecule has 0 aliphatic heterocycles. The molecule has 1 unspecified atom stereocenters. The Kier molecular flexibility index (Phi) is 4.48.